The van der Waals surface area contributed by atoms with Crippen LogP contribution in [0.1, 0.15) is 25.0 Å². The molecule has 0 saturated carbocycles. The predicted octanol–water partition coefficient (Wildman–Crippen LogP) is 1.76. The van der Waals surface area contributed by atoms with E-state index in [0.29, 0.717) is 32.0 Å². The number of benzene rings is 1. The highest BCUT2D eigenvalue weighted by Crippen LogP contribution is 2.28. The molecule has 0 radical (unpaired) electrons. The summed E-state index contributed by atoms with van der Waals surface area (Å²) < 4.78 is 33.6. The molecule has 1 aromatic carbocycles. The van der Waals surface area contributed by atoms with Gasteiger partial charge in [-0.05, 0) is 25.6 Å². The number of ether oxygens (including phenoxy) is 1. The molecule has 0 unspecified atom stereocenters. The molecule has 0 N–H and O–H groups in total. The second kappa shape index (κ2) is 9.90. The van der Waals surface area contributed by atoms with Crippen LogP contribution in [0.4, 0.5) is 5.82 Å². The fourth-order valence-corrected chi connectivity index (χ4v) is 7.32. The van der Waals surface area contributed by atoms with E-state index in [-0.39, 0.29) is 17.5 Å². The van der Waals surface area contributed by atoms with Gasteiger partial charge in [0, 0.05) is 45.6 Å². The highest BCUT2D eigenvalue weighted by atomic mass is 32.2. The van der Waals surface area contributed by atoms with Gasteiger partial charge in [0.1, 0.15) is 11.6 Å². The lowest BCUT2D eigenvalue weighted by molar-refractivity contribution is 0.122. The third kappa shape index (κ3) is 4.54. The number of morpholine rings is 1. The minimum Gasteiger partial charge on any atom is -0.378 e. The summed E-state index contributed by atoms with van der Waals surface area (Å²) in [5, 5.41) is 0. The SMILES string of the molecule is CCc1nc2ccccc2n1-c1nc(N2CCOCC2)c2nc(CCN(C)[C@H]3CCS(=O)(=O)C3)n(C)c2n1. The van der Waals surface area contributed by atoms with Gasteiger partial charge in [-0.3, -0.25) is 4.57 Å². The topological polar surface area (TPSA) is 111 Å². The number of aromatic nitrogens is 6. The number of hydrogen-bond acceptors (Lipinski definition) is 9. The molecule has 2 aliphatic rings. The van der Waals surface area contributed by atoms with E-state index >= 15 is 0 Å². The first kappa shape index (κ1) is 25.2. The molecular weight excluding hydrogens is 504 g/mol. The van der Waals surface area contributed by atoms with E-state index in [9.17, 15) is 8.42 Å². The molecule has 0 amide bonds. The molecule has 0 spiro atoms. The van der Waals surface area contributed by atoms with Crippen LogP contribution in [0.3, 0.4) is 0 Å². The Kier molecular flexibility index (Phi) is 6.57. The molecule has 38 heavy (non-hydrogen) atoms. The van der Waals surface area contributed by atoms with Crippen molar-refractivity contribution < 1.29 is 13.2 Å². The van der Waals surface area contributed by atoms with Gasteiger partial charge in [0.05, 0.1) is 35.8 Å². The van der Waals surface area contributed by atoms with Gasteiger partial charge in [-0.25, -0.2) is 18.4 Å². The molecule has 1 atom stereocenters. The van der Waals surface area contributed by atoms with Crippen LogP contribution >= 0.6 is 0 Å². The van der Waals surface area contributed by atoms with E-state index in [2.05, 4.69) is 31.9 Å². The van der Waals surface area contributed by atoms with E-state index in [1.165, 1.54) is 0 Å². The van der Waals surface area contributed by atoms with Crippen LogP contribution < -0.4 is 4.90 Å². The highest BCUT2D eigenvalue weighted by molar-refractivity contribution is 7.91. The number of fused-ring (bicyclic) bond motifs is 2. The summed E-state index contributed by atoms with van der Waals surface area (Å²) in [6.07, 6.45) is 2.13. The van der Waals surface area contributed by atoms with Crippen molar-refractivity contribution in [2.75, 3.05) is 56.3 Å². The normalized spacial score (nSPS) is 19.8. The number of nitrogens with zero attached hydrogens (tertiary/aromatic N) is 8. The van der Waals surface area contributed by atoms with E-state index in [4.69, 9.17) is 24.7 Å². The Morgan fingerprint density at radius 3 is 2.61 bits per heavy atom. The van der Waals surface area contributed by atoms with Crippen LogP contribution in [0.5, 0.6) is 0 Å². The van der Waals surface area contributed by atoms with Gasteiger partial charge in [-0.15, -0.1) is 0 Å². The zero-order chi connectivity index (χ0) is 26.4. The summed E-state index contributed by atoms with van der Waals surface area (Å²) in [7, 11) is 1.08. The van der Waals surface area contributed by atoms with Crippen LogP contribution in [0, 0.1) is 0 Å². The van der Waals surface area contributed by atoms with Crippen LogP contribution in [0.2, 0.25) is 0 Å². The van der Waals surface area contributed by atoms with Gasteiger partial charge in [0.15, 0.2) is 26.8 Å². The smallest absolute Gasteiger partial charge is 0.239 e. The molecule has 202 valence electrons. The van der Waals surface area contributed by atoms with Gasteiger partial charge in [0.2, 0.25) is 5.95 Å². The zero-order valence-corrected chi connectivity index (χ0v) is 23.0. The van der Waals surface area contributed by atoms with Crippen molar-refractivity contribution in [1.82, 2.24) is 34.0 Å². The molecule has 2 aliphatic heterocycles. The van der Waals surface area contributed by atoms with Crippen molar-refractivity contribution in [3.63, 3.8) is 0 Å². The van der Waals surface area contributed by atoms with E-state index in [0.717, 1.165) is 65.7 Å². The fourth-order valence-electron chi connectivity index (χ4n) is 5.52. The number of para-hydroxylation sites is 2. The van der Waals surface area contributed by atoms with Gasteiger partial charge in [0.25, 0.3) is 0 Å². The number of rotatable bonds is 7. The molecule has 6 rings (SSSR count). The maximum atomic E-state index is 12.0. The predicted molar refractivity (Wildman–Crippen MR) is 147 cm³/mol. The number of sulfone groups is 1. The number of anilines is 1. The first-order valence-corrected chi connectivity index (χ1v) is 15.1. The summed E-state index contributed by atoms with van der Waals surface area (Å²) in [4.78, 5) is 24.4. The van der Waals surface area contributed by atoms with Crippen LogP contribution in [-0.2, 0) is 34.5 Å². The van der Waals surface area contributed by atoms with Crippen molar-refractivity contribution in [2.45, 2.75) is 32.2 Å². The van der Waals surface area contributed by atoms with E-state index < -0.39 is 9.84 Å². The minimum absolute atomic E-state index is 0.0620. The third-order valence-corrected chi connectivity index (χ3v) is 9.51. The summed E-state index contributed by atoms with van der Waals surface area (Å²) in [5.41, 5.74) is 3.45. The molecule has 2 saturated heterocycles. The van der Waals surface area contributed by atoms with Gasteiger partial charge >= 0.3 is 0 Å². The van der Waals surface area contributed by atoms with E-state index in [1.54, 1.807) is 0 Å². The maximum Gasteiger partial charge on any atom is 0.239 e. The number of imidazole rings is 2. The first-order valence-electron chi connectivity index (χ1n) is 13.3. The van der Waals surface area contributed by atoms with Crippen molar-refractivity contribution in [1.29, 1.82) is 0 Å². The Labute approximate surface area is 222 Å². The van der Waals surface area contributed by atoms with Crippen LogP contribution in [-0.4, -0.2) is 99.8 Å². The van der Waals surface area contributed by atoms with Crippen molar-refractivity contribution in [3.8, 4) is 5.95 Å². The van der Waals surface area contributed by atoms with Crippen LogP contribution in [0.15, 0.2) is 24.3 Å². The largest absolute Gasteiger partial charge is 0.378 e. The summed E-state index contributed by atoms with van der Waals surface area (Å²) in [6.45, 7) is 5.57. The second-order valence-corrected chi connectivity index (χ2v) is 12.4. The molecule has 0 aliphatic carbocycles. The summed E-state index contributed by atoms with van der Waals surface area (Å²) in [5.74, 6) is 3.73. The van der Waals surface area contributed by atoms with Crippen LogP contribution in [0.25, 0.3) is 28.1 Å². The lowest BCUT2D eigenvalue weighted by Crippen LogP contribution is -2.37. The quantitative estimate of drug-likeness (QED) is 0.347. The standard InChI is InChI=1S/C26H34N8O3S/c1-4-21-27-19-7-5-6-8-20(19)34(21)26-29-24-23(25(30-26)33-12-14-37-15-13-33)28-22(32(24)3)9-11-31(2)18-10-16-38(35,36)17-18/h5-8,18H,4,9-17H2,1-3H3/t18-/m0/s1. The number of hydrogen-bond donors (Lipinski definition) is 0. The van der Waals surface area contributed by atoms with Crippen molar-refractivity contribution in [2.24, 2.45) is 7.05 Å². The van der Waals surface area contributed by atoms with E-state index in [1.807, 2.05) is 32.3 Å². The number of likely N-dealkylation sites (N-methyl/N-ethyl adjacent to an activating group) is 1. The monoisotopic (exact) mass is 538 g/mol. The molecule has 4 aromatic rings. The minimum atomic E-state index is -2.92. The summed E-state index contributed by atoms with van der Waals surface area (Å²) in [6, 6.07) is 8.13. The number of aryl methyl sites for hydroxylation is 2. The second-order valence-electron chi connectivity index (χ2n) is 10.2. The van der Waals surface area contributed by atoms with Gasteiger partial charge in [-0.2, -0.15) is 9.97 Å². The fraction of sp³-hybridized carbons (Fsp3) is 0.538. The average molecular weight is 539 g/mol. The summed E-state index contributed by atoms with van der Waals surface area (Å²) >= 11 is 0. The maximum absolute atomic E-state index is 12.0. The molecular formula is C26H34N8O3S. The Morgan fingerprint density at radius 2 is 1.87 bits per heavy atom. The van der Waals surface area contributed by atoms with Gasteiger partial charge < -0.3 is 19.1 Å². The molecule has 0 bridgehead atoms. The Bertz CT molecular complexity index is 1590. The first-order chi connectivity index (χ1) is 18.3. The Hall–Kier alpha value is -3.09. The lowest BCUT2D eigenvalue weighted by Gasteiger charge is -2.28. The molecule has 5 heterocycles. The van der Waals surface area contributed by atoms with Gasteiger partial charge in [-0.1, -0.05) is 19.1 Å². The average Bonchev–Trinajstić information content (AvgIpc) is 3.59. The molecule has 3 aromatic heterocycles. The third-order valence-electron chi connectivity index (χ3n) is 7.76. The highest BCUT2D eigenvalue weighted by Gasteiger charge is 2.31. The molecule has 2 fully saturated rings. The Morgan fingerprint density at radius 1 is 1.08 bits per heavy atom. The van der Waals surface area contributed by atoms with Crippen molar-refractivity contribution >= 4 is 37.9 Å². The Balaban J connectivity index is 1.41. The zero-order valence-electron chi connectivity index (χ0n) is 22.2. The lowest BCUT2D eigenvalue weighted by atomic mass is 10.2. The molecule has 12 heteroatoms. The molecule has 11 nitrogen and oxygen atoms in total. The van der Waals surface area contributed by atoms with Crippen molar-refractivity contribution in [3.05, 3.63) is 35.9 Å².